The van der Waals surface area contributed by atoms with E-state index in [2.05, 4.69) is 21.6 Å². The summed E-state index contributed by atoms with van der Waals surface area (Å²) >= 11 is 0. The summed E-state index contributed by atoms with van der Waals surface area (Å²) in [5, 5.41) is 4.75. The van der Waals surface area contributed by atoms with Crippen molar-refractivity contribution in [3.8, 4) is 0 Å². The van der Waals surface area contributed by atoms with Crippen molar-refractivity contribution in [3.63, 3.8) is 0 Å². The van der Waals surface area contributed by atoms with Gasteiger partial charge in [-0.2, -0.15) is 10.1 Å². The Hall–Kier alpha value is -3.36. The predicted molar refractivity (Wildman–Crippen MR) is 106 cm³/mol. The standard InChI is InChI=1S/C21H21F2N5O2/c1-4-15(8-16-5-6-30-14(16)3)19(29)27-10-17(9-21(22,23)11-27)18-7-13(2)26-20-24-12-25-28(18)20/h4-8,12,17H,3,9-11H2,1-2H3/b15-4+,16-8-/t17-/m0/s1. The van der Waals surface area contributed by atoms with Crippen molar-refractivity contribution < 1.29 is 18.0 Å². The number of alkyl halides is 2. The van der Waals surface area contributed by atoms with Crippen molar-refractivity contribution >= 4 is 24.3 Å². The van der Waals surface area contributed by atoms with Crippen LogP contribution in [0.25, 0.3) is 18.4 Å². The number of fused-ring (bicyclic) bond motifs is 1. The smallest absolute Gasteiger partial charge is 0.266 e. The normalized spacial score (nSPS) is 20.1. The molecule has 1 aliphatic heterocycles. The van der Waals surface area contributed by atoms with Crippen LogP contribution in [0.3, 0.4) is 0 Å². The van der Waals surface area contributed by atoms with Gasteiger partial charge in [0.15, 0.2) is 0 Å². The zero-order valence-corrected chi connectivity index (χ0v) is 16.7. The molecule has 30 heavy (non-hydrogen) atoms. The Morgan fingerprint density at radius 3 is 2.93 bits per heavy atom. The molecular weight excluding hydrogens is 392 g/mol. The number of carbonyl (C=O) groups excluding carboxylic acids is 1. The summed E-state index contributed by atoms with van der Waals surface area (Å²) in [6.45, 7) is 6.72. The number of piperidine rings is 1. The minimum atomic E-state index is -3.03. The third-order valence-corrected chi connectivity index (χ3v) is 5.17. The summed E-state index contributed by atoms with van der Waals surface area (Å²) in [5.74, 6) is -3.77. The van der Waals surface area contributed by atoms with E-state index in [1.165, 1.54) is 22.0 Å². The van der Waals surface area contributed by atoms with Crippen LogP contribution in [-0.4, -0.2) is 49.4 Å². The lowest BCUT2D eigenvalue weighted by Gasteiger charge is -2.38. The summed E-state index contributed by atoms with van der Waals surface area (Å²) in [6.07, 6.45) is 5.62. The summed E-state index contributed by atoms with van der Waals surface area (Å²) in [7, 11) is 0. The van der Waals surface area contributed by atoms with Crippen LogP contribution in [0.1, 0.15) is 30.7 Å². The topological polar surface area (TPSA) is 76.5 Å². The van der Waals surface area contributed by atoms with Crippen molar-refractivity contribution in [2.24, 2.45) is 0 Å². The van der Waals surface area contributed by atoms with Crippen LogP contribution in [0.4, 0.5) is 8.78 Å². The fraction of sp³-hybridized carbons (Fsp3) is 0.333. The van der Waals surface area contributed by atoms with Crippen molar-refractivity contribution in [1.82, 2.24) is 24.5 Å². The molecule has 4 heterocycles. The van der Waals surface area contributed by atoms with Crippen LogP contribution in [0.15, 0.2) is 40.8 Å². The van der Waals surface area contributed by atoms with Crippen molar-refractivity contribution in [2.45, 2.75) is 32.1 Å². The molecule has 1 amide bonds. The number of hydrogen-bond acceptors (Lipinski definition) is 5. The van der Waals surface area contributed by atoms with Gasteiger partial charge >= 0.3 is 0 Å². The van der Waals surface area contributed by atoms with Crippen LogP contribution in [0.5, 0.6) is 0 Å². The predicted octanol–water partition coefficient (Wildman–Crippen LogP) is 1.81. The molecule has 3 aromatic rings. The molecule has 1 saturated heterocycles. The summed E-state index contributed by atoms with van der Waals surface area (Å²) < 4.78 is 36.0. The molecule has 0 saturated carbocycles. The first-order valence-electron chi connectivity index (χ1n) is 9.52. The molecule has 0 N–H and O–H groups in total. The highest BCUT2D eigenvalue weighted by Crippen LogP contribution is 2.36. The fourth-order valence-electron chi connectivity index (χ4n) is 3.80. The molecule has 1 fully saturated rings. The number of aryl methyl sites for hydroxylation is 1. The van der Waals surface area contributed by atoms with E-state index >= 15 is 0 Å². The van der Waals surface area contributed by atoms with Crippen molar-refractivity contribution in [2.75, 3.05) is 13.1 Å². The monoisotopic (exact) mass is 413 g/mol. The van der Waals surface area contributed by atoms with Gasteiger partial charge in [-0.05, 0) is 32.1 Å². The first kappa shape index (κ1) is 19.9. The van der Waals surface area contributed by atoms with Crippen LogP contribution < -0.4 is 10.6 Å². The molecule has 1 aliphatic rings. The highest BCUT2D eigenvalue weighted by Gasteiger charge is 2.43. The maximum atomic E-state index is 14.7. The Bertz CT molecular complexity index is 1240. The van der Waals surface area contributed by atoms with E-state index in [4.69, 9.17) is 4.42 Å². The largest absolute Gasteiger partial charge is 0.465 e. The molecule has 0 aromatic carbocycles. The highest BCUT2D eigenvalue weighted by atomic mass is 19.3. The Morgan fingerprint density at radius 1 is 1.43 bits per heavy atom. The number of carbonyl (C=O) groups is 1. The molecule has 0 bridgehead atoms. The van der Waals surface area contributed by atoms with Gasteiger partial charge in [-0.3, -0.25) is 4.79 Å². The zero-order chi connectivity index (χ0) is 21.5. The van der Waals surface area contributed by atoms with E-state index in [1.807, 2.05) is 0 Å². The minimum absolute atomic E-state index is 0.140. The molecule has 0 unspecified atom stereocenters. The maximum absolute atomic E-state index is 14.7. The van der Waals surface area contributed by atoms with Gasteiger partial charge < -0.3 is 9.32 Å². The molecule has 9 heteroatoms. The molecule has 0 radical (unpaired) electrons. The minimum Gasteiger partial charge on any atom is -0.465 e. The number of allylic oxidation sites excluding steroid dienone is 1. The van der Waals surface area contributed by atoms with Gasteiger partial charge in [0.2, 0.25) is 0 Å². The number of rotatable bonds is 3. The Kier molecular flexibility index (Phi) is 4.97. The highest BCUT2D eigenvalue weighted by molar-refractivity contribution is 6.01. The number of amides is 1. The molecule has 156 valence electrons. The third-order valence-electron chi connectivity index (χ3n) is 5.17. The SMILES string of the molecule is C=c1occ/c1=C/C(=C\C)C(=O)N1C[C@@H](c2cc(C)nc3ncnn23)CC(F)(F)C1. The Morgan fingerprint density at radius 2 is 2.23 bits per heavy atom. The van der Waals surface area contributed by atoms with Gasteiger partial charge in [0.1, 0.15) is 11.7 Å². The number of halogens is 2. The van der Waals surface area contributed by atoms with Crippen molar-refractivity contribution in [1.29, 1.82) is 0 Å². The molecule has 0 spiro atoms. The van der Waals surface area contributed by atoms with Crippen LogP contribution in [-0.2, 0) is 4.79 Å². The van der Waals surface area contributed by atoms with E-state index in [1.54, 1.807) is 38.1 Å². The number of furan rings is 1. The second-order valence-corrected chi connectivity index (χ2v) is 7.42. The van der Waals surface area contributed by atoms with E-state index in [0.29, 0.717) is 33.4 Å². The molecule has 7 nitrogen and oxygen atoms in total. The zero-order valence-electron chi connectivity index (χ0n) is 16.7. The quantitative estimate of drug-likeness (QED) is 0.612. The lowest BCUT2D eigenvalue weighted by Crippen LogP contribution is -2.49. The van der Waals surface area contributed by atoms with Crippen LogP contribution in [0, 0.1) is 6.92 Å². The number of likely N-dealkylation sites (tertiary alicyclic amines) is 1. The molecule has 0 aliphatic carbocycles. The summed E-state index contributed by atoms with van der Waals surface area (Å²) in [6, 6.07) is 3.40. The van der Waals surface area contributed by atoms with Gasteiger partial charge in [0, 0.05) is 35.4 Å². The number of aromatic nitrogens is 4. The van der Waals surface area contributed by atoms with Gasteiger partial charge in [0.05, 0.1) is 18.5 Å². The second kappa shape index (κ2) is 7.47. The maximum Gasteiger partial charge on any atom is 0.266 e. The Balaban J connectivity index is 1.69. The summed E-state index contributed by atoms with van der Waals surface area (Å²) in [4.78, 5) is 22.6. The third kappa shape index (κ3) is 3.74. The van der Waals surface area contributed by atoms with Gasteiger partial charge in [-0.25, -0.2) is 18.3 Å². The average molecular weight is 413 g/mol. The fourth-order valence-corrected chi connectivity index (χ4v) is 3.80. The van der Waals surface area contributed by atoms with Gasteiger partial charge in [-0.15, -0.1) is 0 Å². The Labute approximate surface area is 171 Å². The van der Waals surface area contributed by atoms with Crippen LogP contribution in [0.2, 0.25) is 0 Å². The molecule has 4 rings (SSSR count). The lowest BCUT2D eigenvalue weighted by molar-refractivity contribution is -0.138. The van der Waals surface area contributed by atoms with E-state index in [-0.39, 0.29) is 13.0 Å². The molecule has 1 atom stereocenters. The van der Waals surface area contributed by atoms with E-state index < -0.39 is 24.3 Å². The van der Waals surface area contributed by atoms with E-state index in [9.17, 15) is 13.6 Å². The van der Waals surface area contributed by atoms with Gasteiger partial charge in [0.25, 0.3) is 17.6 Å². The summed E-state index contributed by atoms with van der Waals surface area (Å²) in [5.41, 5.74) is 1.93. The van der Waals surface area contributed by atoms with Gasteiger partial charge in [-0.1, -0.05) is 12.7 Å². The van der Waals surface area contributed by atoms with Crippen molar-refractivity contribution in [3.05, 3.63) is 58.4 Å². The first-order valence-corrected chi connectivity index (χ1v) is 9.52. The number of nitrogens with zero attached hydrogens (tertiary/aromatic N) is 5. The molecule has 3 aromatic heterocycles. The van der Waals surface area contributed by atoms with E-state index in [0.717, 1.165) is 0 Å². The first-order chi connectivity index (χ1) is 14.3. The molecular formula is C21H21F2N5O2. The average Bonchev–Trinajstić information content (AvgIpc) is 3.32. The number of hydrogen-bond donors (Lipinski definition) is 0. The lowest BCUT2D eigenvalue weighted by atomic mass is 9.91. The van der Waals surface area contributed by atoms with Crippen LogP contribution >= 0.6 is 0 Å². The second-order valence-electron chi connectivity index (χ2n) is 7.42.